The van der Waals surface area contributed by atoms with Gasteiger partial charge in [0.25, 0.3) is 5.91 Å². The van der Waals surface area contributed by atoms with E-state index in [0.29, 0.717) is 18.5 Å². The summed E-state index contributed by atoms with van der Waals surface area (Å²) in [6, 6.07) is 4.32. The largest absolute Gasteiger partial charge is 0.381 e. The molecule has 2 aliphatic heterocycles. The van der Waals surface area contributed by atoms with Gasteiger partial charge in [-0.1, -0.05) is 6.92 Å². The highest BCUT2D eigenvalue weighted by Gasteiger charge is 2.31. The lowest BCUT2D eigenvalue weighted by molar-refractivity contribution is 0.00167. The maximum absolute atomic E-state index is 12.4. The third kappa shape index (κ3) is 4.32. The van der Waals surface area contributed by atoms with Gasteiger partial charge < -0.3 is 14.8 Å². The van der Waals surface area contributed by atoms with Crippen LogP contribution in [0.4, 0.5) is 0 Å². The van der Waals surface area contributed by atoms with Crippen molar-refractivity contribution in [3.05, 3.63) is 21.9 Å². The molecule has 2 atom stereocenters. The average Bonchev–Trinajstić information content (AvgIpc) is 3.27. The summed E-state index contributed by atoms with van der Waals surface area (Å²) in [5.74, 6) is 0.551. The maximum Gasteiger partial charge on any atom is 0.261 e. The van der Waals surface area contributed by atoms with Gasteiger partial charge in [-0.05, 0) is 25.0 Å². The van der Waals surface area contributed by atoms with Gasteiger partial charge in [0, 0.05) is 43.1 Å². The Morgan fingerprint density at radius 3 is 2.83 bits per heavy atom. The van der Waals surface area contributed by atoms with Crippen LogP contribution in [0.1, 0.15) is 27.9 Å². The molecule has 0 aliphatic carbocycles. The predicted molar refractivity (Wildman–Crippen MR) is 91.1 cm³/mol. The fraction of sp³-hybridized carbons (Fsp3) is 0.706. The third-order valence-electron chi connectivity index (χ3n) is 4.73. The number of nitrogens with zero attached hydrogens (tertiary/aromatic N) is 1. The number of ether oxygens (including phenoxy) is 2. The molecule has 0 bridgehead atoms. The molecular weight excluding hydrogens is 312 g/mol. The normalized spacial score (nSPS) is 23.8. The van der Waals surface area contributed by atoms with Crippen LogP contribution in [0, 0.1) is 5.92 Å². The molecule has 0 radical (unpaired) electrons. The van der Waals surface area contributed by atoms with Gasteiger partial charge >= 0.3 is 0 Å². The molecule has 5 nitrogen and oxygen atoms in total. The van der Waals surface area contributed by atoms with Crippen LogP contribution in [0.5, 0.6) is 0 Å². The summed E-state index contributed by atoms with van der Waals surface area (Å²) in [6.45, 7) is 7.88. The number of carbonyl (C=O) groups is 1. The fourth-order valence-corrected chi connectivity index (χ4v) is 4.20. The average molecular weight is 338 g/mol. The van der Waals surface area contributed by atoms with Gasteiger partial charge in [-0.25, -0.2) is 0 Å². The molecule has 0 saturated carbocycles. The maximum atomic E-state index is 12.4. The number of amides is 1. The summed E-state index contributed by atoms with van der Waals surface area (Å²) in [4.78, 5) is 16.9. The Morgan fingerprint density at radius 2 is 2.17 bits per heavy atom. The number of rotatable bonds is 6. The molecule has 0 spiro atoms. The van der Waals surface area contributed by atoms with Gasteiger partial charge in [-0.2, -0.15) is 0 Å². The van der Waals surface area contributed by atoms with E-state index in [1.165, 1.54) is 4.88 Å². The zero-order valence-electron chi connectivity index (χ0n) is 13.8. The molecule has 2 saturated heterocycles. The Labute approximate surface area is 142 Å². The molecule has 1 amide bonds. The van der Waals surface area contributed by atoms with Crippen LogP contribution in [0.2, 0.25) is 0 Å². The molecule has 1 aromatic heterocycles. The second-order valence-corrected chi connectivity index (χ2v) is 7.34. The van der Waals surface area contributed by atoms with Crippen molar-refractivity contribution in [1.29, 1.82) is 0 Å². The molecule has 0 aromatic carbocycles. The smallest absolute Gasteiger partial charge is 0.261 e. The van der Waals surface area contributed by atoms with Crippen molar-refractivity contribution >= 4 is 17.2 Å². The van der Waals surface area contributed by atoms with Crippen molar-refractivity contribution in [1.82, 2.24) is 10.2 Å². The van der Waals surface area contributed by atoms with E-state index in [1.807, 2.05) is 12.1 Å². The van der Waals surface area contributed by atoms with Crippen molar-refractivity contribution in [2.24, 2.45) is 5.92 Å². The van der Waals surface area contributed by atoms with Crippen molar-refractivity contribution in [3.8, 4) is 0 Å². The number of morpholine rings is 1. The van der Waals surface area contributed by atoms with Crippen molar-refractivity contribution in [3.63, 3.8) is 0 Å². The van der Waals surface area contributed by atoms with Crippen LogP contribution in [0.3, 0.4) is 0 Å². The van der Waals surface area contributed by atoms with Crippen LogP contribution in [0.25, 0.3) is 0 Å². The SMILES string of the molecule is CCc1ccc(C(=O)NC[C@H]([C@H]2CCOC2)N2CCOCC2)s1. The van der Waals surface area contributed by atoms with Crippen molar-refractivity contribution in [2.45, 2.75) is 25.8 Å². The highest BCUT2D eigenvalue weighted by atomic mass is 32.1. The van der Waals surface area contributed by atoms with E-state index >= 15 is 0 Å². The third-order valence-corrected chi connectivity index (χ3v) is 5.96. The molecule has 1 aromatic rings. The van der Waals surface area contributed by atoms with Crippen LogP contribution in [-0.4, -0.2) is 62.9 Å². The first kappa shape index (κ1) is 16.9. The molecule has 128 valence electrons. The van der Waals surface area contributed by atoms with Crippen LogP contribution >= 0.6 is 11.3 Å². The number of thiophene rings is 1. The lowest BCUT2D eigenvalue weighted by Crippen LogP contribution is -2.52. The minimum Gasteiger partial charge on any atom is -0.381 e. The molecule has 3 heterocycles. The first-order chi connectivity index (χ1) is 11.3. The zero-order valence-corrected chi connectivity index (χ0v) is 14.6. The lowest BCUT2D eigenvalue weighted by atomic mass is 9.97. The number of aryl methyl sites for hydroxylation is 1. The molecule has 6 heteroatoms. The van der Waals surface area contributed by atoms with E-state index in [-0.39, 0.29) is 5.91 Å². The standard InChI is InChI=1S/C17H26N2O3S/c1-2-14-3-4-16(23-14)17(20)18-11-15(13-5-8-22-12-13)19-6-9-21-10-7-19/h3-4,13,15H,2,5-12H2,1H3,(H,18,20)/t13-,15+/m0/s1. The zero-order chi connectivity index (χ0) is 16.1. The molecule has 0 unspecified atom stereocenters. The van der Waals surface area contributed by atoms with Crippen LogP contribution in [0.15, 0.2) is 12.1 Å². The van der Waals surface area contributed by atoms with E-state index in [1.54, 1.807) is 11.3 Å². The van der Waals surface area contributed by atoms with Crippen molar-refractivity contribution in [2.75, 3.05) is 46.1 Å². The van der Waals surface area contributed by atoms with Gasteiger partial charge in [0.05, 0.1) is 24.7 Å². The second kappa shape index (κ2) is 8.24. The monoisotopic (exact) mass is 338 g/mol. The number of nitrogens with one attached hydrogen (secondary N) is 1. The van der Waals surface area contributed by atoms with Gasteiger partial charge in [-0.15, -0.1) is 11.3 Å². The summed E-state index contributed by atoms with van der Waals surface area (Å²) in [7, 11) is 0. The molecule has 2 fully saturated rings. The minimum absolute atomic E-state index is 0.0480. The van der Waals surface area contributed by atoms with E-state index in [2.05, 4.69) is 17.1 Å². The number of hydrogen-bond donors (Lipinski definition) is 1. The van der Waals surface area contributed by atoms with E-state index in [0.717, 1.165) is 57.2 Å². The van der Waals surface area contributed by atoms with Gasteiger partial charge in [0.2, 0.25) is 0 Å². The van der Waals surface area contributed by atoms with Gasteiger partial charge in [0.15, 0.2) is 0 Å². The Hall–Kier alpha value is -0.950. The molecule has 23 heavy (non-hydrogen) atoms. The van der Waals surface area contributed by atoms with Crippen LogP contribution in [-0.2, 0) is 15.9 Å². The van der Waals surface area contributed by atoms with Gasteiger partial charge in [-0.3, -0.25) is 9.69 Å². The Bertz CT molecular complexity index is 508. The summed E-state index contributed by atoms with van der Waals surface area (Å²) in [6.07, 6.45) is 2.06. The summed E-state index contributed by atoms with van der Waals surface area (Å²) in [5, 5.41) is 3.14. The fourth-order valence-electron chi connectivity index (χ4n) is 3.33. The number of hydrogen-bond acceptors (Lipinski definition) is 5. The topological polar surface area (TPSA) is 50.8 Å². The highest BCUT2D eigenvalue weighted by Crippen LogP contribution is 2.22. The molecule has 2 aliphatic rings. The van der Waals surface area contributed by atoms with E-state index in [9.17, 15) is 4.79 Å². The predicted octanol–water partition coefficient (Wildman–Crippen LogP) is 1.78. The van der Waals surface area contributed by atoms with Crippen LogP contribution < -0.4 is 5.32 Å². The molecule has 3 rings (SSSR count). The number of carbonyl (C=O) groups excluding carboxylic acids is 1. The molecular formula is C17H26N2O3S. The summed E-state index contributed by atoms with van der Waals surface area (Å²) < 4.78 is 11.0. The quantitative estimate of drug-likeness (QED) is 0.859. The first-order valence-corrected chi connectivity index (χ1v) is 9.36. The Morgan fingerprint density at radius 1 is 1.35 bits per heavy atom. The summed E-state index contributed by atoms with van der Waals surface area (Å²) >= 11 is 1.59. The van der Waals surface area contributed by atoms with Crippen molar-refractivity contribution < 1.29 is 14.3 Å². The van der Waals surface area contributed by atoms with E-state index in [4.69, 9.17) is 9.47 Å². The highest BCUT2D eigenvalue weighted by molar-refractivity contribution is 7.14. The minimum atomic E-state index is 0.0480. The Balaban J connectivity index is 1.59. The Kier molecular flexibility index (Phi) is 6.05. The molecule has 1 N–H and O–H groups in total. The van der Waals surface area contributed by atoms with E-state index < -0.39 is 0 Å². The summed E-state index contributed by atoms with van der Waals surface area (Å²) in [5.41, 5.74) is 0. The second-order valence-electron chi connectivity index (χ2n) is 6.17. The van der Waals surface area contributed by atoms with Gasteiger partial charge in [0.1, 0.15) is 0 Å². The lowest BCUT2D eigenvalue weighted by Gasteiger charge is -2.37. The first-order valence-electron chi connectivity index (χ1n) is 8.54.